The van der Waals surface area contributed by atoms with Crippen molar-refractivity contribution in [3.8, 4) is 0 Å². The van der Waals surface area contributed by atoms with E-state index >= 15 is 0 Å². The second-order valence-corrected chi connectivity index (χ2v) is 9.71. The zero-order chi connectivity index (χ0) is 13.3. The van der Waals surface area contributed by atoms with Crippen LogP contribution in [0.25, 0.3) is 0 Å². The van der Waals surface area contributed by atoms with E-state index in [0.29, 0.717) is 0 Å². The zero-order valence-corrected chi connectivity index (χ0v) is 14.1. The van der Waals surface area contributed by atoms with Crippen molar-refractivity contribution >= 4 is 35.6 Å². The predicted octanol–water partition coefficient (Wildman–Crippen LogP) is 4.57. The van der Waals surface area contributed by atoms with Gasteiger partial charge in [-0.3, -0.25) is 0 Å². The standard InChI is InChI=1S/C15H16BrOSe/c1-10-8-14(18(3)9-11(10)2)15(17)12-4-6-13(16)7-5-12/h4-8H,9H2,1-3H3/q+1. The third-order valence-corrected chi connectivity index (χ3v) is 7.72. The van der Waals surface area contributed by atoms with E-state index in [1.54, 1.807) is 0 Å². The van der Waals surface area contributed by atoms with Crippen molar-refractivity contribution in [3.05, 3.63) is 56.0 Å². The van der Waals surface area contributed by atoms with Gasteiger partial charge in [-0.1, -0.05) is 0 Å². The molecule has 1 nitrogen and oxygen atoms in total. The monoisotopic (exact) mass is 371 g/mol. The molecule has 0 fully saturated rings. The van der Waals surface area contributed by atoms with Crippen LogP contribution in [0.5, 0.6) is 0 Å². The number of hydrogen-bond acceptors (Lipinski definition) is 1. The van der Waals surface area contributed by atoms with Crippen molar-refractivity contribution in [1.82, 2.24) is 0 Å². The average Bonchev–Trinajstić information content (AvgIpc) is 2.34. The summed E-state index contributed by atoms with van der Waals surface area (Å²) in [5.74, 6) is 2.46. The first-order valence-corrected chi connectivity index (χ1v) is 10.4. The molecule has 1 heterocycles. The Morgan fingerprint density at radius 3 is 2.44 bits per heavy atom. The van der Waals surface area contributed by atoms with Crippen LogP contribution in [0.4, 0.5) is 0 Å². The molecule has 0 spiro atoms. The fourth-order valence-electron chi connectivity index (χ4n) is 1.90. The summed E-state index contributed by atoms with van der Waals surface area (Å²) in [7, 11) is 0. The van der Waals surface area contributed by atoms with Gasteiger partial charge < -0.3 is 0 Å². The van der Waals surface area contributed by atoms with Crippen molar-refractivity contribution in [2.45, 2.75) is 25.0 Å². The van der Waals surface area contributed by atoms with Crippen LogP contribution in [0.15, 0.2) is 50.4 Å². The van der Waals surface area contributed by atoms with Crippen molar-refractivity contribution in [1.29, 1.82) is 0 Å². The molecule has 0 N–H and O–H groups in total. The van der Waals surface area contributed by atoms with E-state index in [4.69, 9.17) is 0 Å². The third-order valence-electron chi connectivity index (χ3n) is 3.16. The molecule has 1 atom stereocenters. The molecule has 3 heteroatoms. The molecular formula is C15H16BrOSe+. The molecule has 1 aliphatic heterocycles. The summed E-state index contributed by atoms with van der Waals surface area (Å²) in [6.45, 7) is 4.27. The Hall–Kier alpha value is -0.631. The Labute approximate surface area is 121 Å². The van der Waals surface area contributed by atoms with Gasteiger partial charge in [-0.2, -0.15) is 0 Å². The fourth-order valence-corrected chi connectivity index (χ4v) is 6.04. The van der Waals surface area contributed by atoms with Crippen LogP contribution in [0.3, 0.4) is 0 Å². The minimum absolute atomic E-state index is 0.210. The van der Waals surface area contributed by atoms with E-state index in [2.05, 4.69) is 41.7 Å². The summed E-state index contributed by atoms with van der Waals surface area (Å²) in [6.07, 6.45) is 2.11. The number of halogens is 1. The molecule has 0 saturated carbocycles. The maximum atomic E-state index is 12.5. The van der Waals surface area contributed by atoms with Crippen molar-refractivity contribution < 1.29 is 4.79 Å². The molecule has 1 unspecified atom stereocenters. The number of carbonyl (C=O) groups is 1. The first kappa shape index (κ1) is 13.8. The second kappa shape index (κ2) is 5.56. The number of ketones is 1. The molecule has 0 amide bonds. The molecule has 2 rings (SSSR count). The number of allylic oxidation sites excluding steroid dienone is 4. The van der Waals surface area contributed by atoms with Crippen LogP contribution < -0.4 is 0 Å². The van der Waals surface area contributed by atoms with E-state index in [0.717, 1.165) is 19.8 Å². The molecule has 0 aliphatic carbocycles. The minimum atomic E-state index is -0.962. The van der Waals surface area contributed by atoms with Gasteiger partial charge in [0.2, 0.25) is 0 Å². The number of Topliss-reactive ketones (excluding diaryl/α,β-unsaturated/α-hetero) is 1. The summed E-state index contributed by atoms with van der Waals surface area (Å²) in [5, 5.41) is 1.11. The van der Waals surface area contributed by atoms with Gasteiger partial charge in [-0.15, -0.1) is 0 Å². The van der Waals surface area contributed by atoms with Gasteiger partial charge in [0.05, 0.1) is 0 Å². The molecule has 1 aliphatic rings. The summed E-state index contributed by atoms with van der Waals surface area (Å²) < 4.78 is 2.06. The molecule has 0 aromatic heterocycles. The van der Waals surface area contributed by atoms with Gasteiger partial charge in [0, 0.05) is 0 Å². The van der Waals surface area contributed by atoms with E-state index in [-0.39, 0.29) is 5.78 Å². The molecule has 18 heavy (non-hydrogen) atoms. The summed E-state index contributed by atoms with van der Waals surface area (Å²) >= 11 is 2.43. The number of benzene rings is 1. The first-order valence-electron chi connectivity index (χ1n) is 5.80. The van der Waals surface area contributed by atoms with Crippen molar-refractivity contribution in [3.63, 3.8) is 0 Å². The molecular weight excluding hydrogens is 355 g/mol. The van der Waals surface area contributed by atoms with Gasteiger partial charge in [0.1, 0.15) is 0 Å². The van der Waals surface area contributed by atoms with E-state index in [1.807, 2.05) is 24.3 Å². The van der Waals surface area contributed by atoms with Gasteiger partial charge in [0.25, 0.3) is 0 Å². The number of rotatable bonds is 2. The van der Waals surface area contributed by atoms with Gasteiger partial charge in [-0.05, 0) is 0 Å². The third kappa shape index (κ3) is 2.85. The fraction of sp³-hybridized carbons (Fsp3) is 0.267. The number of hydrogen-bond donors (Lipinski definition) is 0. The van der Waals surface area contributed by atoms with E-state index in [9.17, 15) is 4.79 Å². The van der Waals surface area contributed by atoms with Crippen LogP contribution in [-0.2, 0) is 0 Å². The quantitative estimate of drug-likeness (QED) is 0.550. The Bertz CT molecular complexity index is 540. The Morgan fingerprint density at radius 1 is 1.22 bits per heavy atom. The van der Waals surface area contributed by atoms with Crippen LogP contribution in [0.2, 0.25) is 11.1 Å². The topological polar surface area (TPSA) is 17.1 Å². The molecule has 0 radical (unpaired) electrons. The maximum absolute atomic E-state index is 12.5. The average molecular weight is 371 g/mol. The SMILES string of the molecule is CC1=C(C)C[Se+](C)C(C(=O)c2ccc(Br)cc2)=C1. The second-order valence-electron chi connectivity index (χ2n) is 4.59. The Kier molecular flexibility index (Phi) is 4.26. The van der Waals surface area contributed by atoms with E-state index < -0.39 is 13.9 Å². The number of carbonyl (C=O) groups excluding carboxylic acids is 1. The molecule has 0 bridgehead atoms. The van der Waals surface area contributed by atoms with Gasteiger partial charge >= 0.3 is 121 Å². The zero-order valence-electron chi connectivity index (χ0n) is 10.8. The summed E-state index contributed by atoms with van der Waals surface area (Å²) in [6, 6.07) is 7.64. The van der Waals surface area contributed by atoms with Crippen molar-refractivity contribution in [2.24, 2.45) is 0 Å². The molecule has 0 saturated heterocycles. The van der Waals surface area contributed by atoms with Gasteiger partial charge in [-0.25, -0.2) is 0 Å². The molecule has 1 aromatic rings. The normalized spacial score (nSPS) is 19.8. The first-order chi connectivity index (χ1) is 8.49. The molecule has 94 valence electrons. The van der Waals surface area contributed by atoms with Crippen LogP contribution in [0.1, 0.15) is 24.2 Å². The van der Waals surface area contributed by atoms with Gasteiger partial charge in [0.15, 0.2) is 0 Å². The van der Waals surface area contributed by atoms with Crippen LogP contribution in [0, 0.1) is 0 Å². The van der Waals surface area contributed by atoms with Crippen LogP contribution in [-0.4, -0.2) is 19.7 Å². The predicted molar refractivity (Wildman–Crippen MR) is 81.4 cm³/mol. The van der Waals surface area contributed by atoms with Crippen molar-refractivity contribution in [2.75, 3.05) is 0 Å². The summed E-state index contributed by atoms with van der Waals surface area (Å²) in [5.41, 5.74) is 3.50. The molecule has 1 aromatic carbocycles. The Balaban J connectivity index is 2.34. The summed E-state index contributed by atoms with van der Waals surface area (Å²) in [4.78, 5) is 12.5. The van der Waals surface area contributed by atoms with Crippen LogP contribution >= 0.6 is 15.9 Å². The Morgan fingerprint density at radius 2 is 1.83 bits per heavy atom. The van der Waals surface area contributed by atoms with E-state index in [1.165, 1.54) is 11.1 Å².